The monoisotopic (exact) mass is 195 g/mol. The molecule has 0 unspecified atom stereocenters. The highest BCUT2D eigenvalue weighted by atomic mass is 16.5. The van der Waals surface area contributed by atoms with E-state index < -0.39 is 11.9 Å². The van der Waals surface area contributed by atoms with Gasteiger partial charge >= 0.3 is 0 Å². The van der Waals surface area contributed by atoms with Crippen molar-refractivity contribution >= 4 is 5.91 Å². The van der Waals surface area contributed by atoms with Gasteiger partial charge in [-0.15, -0.1) is 0 Å². The number of nitrogens with zero attached hydrogens (tertiary/aromatic N) is 1. The molecule has 0 aliphatic heterocycles. The lowest BCUT2D eigenvalue weighted by Gasteiger charge is -2.09. The molecule has 4 N–H and O–H groups in total. The van der Waals surface area contributed by atoms with E-state index in [-0.39, 0.29) is 6.42 Å². The lowest BCUT2D eigenvalue weighted by atomic mass is 10.1. The Balaban J connectivity index is 2.71. The summed E-state index contributed by atoms with van der Waals surface area (Å²) < 4.78 is 4.89. The van der Waals surface area contributed by atoms with E-state index in [2.05, 4.69) is 4.98 Å². The Hall–Kier alpha value is -1.62. The zero-order valence-corrected chi connectivity index (χ0v) is 7.93. The van der Waals surface area contributed by atoms with E-state index >= 15 is 0 Å². The number of methoxy groups -OCH3 is 1. The number of nitrogens with two attached hydrogens (primary N) is 2. The van der Waals surface area contributed by atoms with Crippen molar-refractivity contribution in [3.8, 4) is 5.88 Å². The van der Waals surface area contributed by atoms with Crippen molar-refractivity contribution < 1.29 is 9.53 Å². The van der Waals surface area contributed by atoms with E-state index in [0.29, 0.717) is 5.88 Å². The SMILES string of the molecule is COc1ccc([C@@H](N)CC(N)=O)cn1. The molecule has 0 bridgehead atoms. The first-order valence-electron chi connectivity index (χ1n) is 4.17. The highest BCUT2D eigenvalue weighted by Gasteiger charge is 2.09. The largest absolute Gasteiger partial charge is 0.481 e. The third-order valence-electron chi connectivity index (χ3n) is 1.82. The minimum atomic E-state index is -0.423. The molecular weight excluding hydrogens is 182 g/mol. The van der Waals surface area contributed by atoms with Crippen LogP contribution in [0.25, 0.3) is 0 Å². The van der Waals surface area contributed by atoms with Crippen LogP contribution < -0.4 is 16.2 Å². The van der Waals surface area contributed by atoms with Crippen LogP contribution in [0.3, 0.4) is 0 Å². The number of hydrogen-bond donors (Lipinski definition) is 2. The molecule has 5 nitrogen and oxygen atoms in total. The van der Waals surface area contributed by atoms with E-state index in [1.54, 1.807) is 18.3 Å². The second-order valence-electron chi connectivity index (χ2n) is 2.91. The molecule has 14 heavy (non-hydrogen) atoms. The van der Waals surface area contributed by atoms with E-state index in [1.807, 2.05) is 0 Å². The van der Waals surface area contributed by atoms with Gasteiger partial charge in [0.05, 0.1) is 7.11 Å². The van der Waals surface area contributed by atoms with Crippen LogP contribution in [0.2, 0.25) is 0 Å². The predicted octanol–water partition coefficient (Wildman–Crippen LogP) is -0.0346. The van der Waals surface area contributed by atoms with Crippen molar-refractivity contribution in [3.05, 3.63) is 23.9 Å². The van der Waals surface area contributed by atoms with Gasteiger partial charge in [-0.2, -0.15) is 0 Å². The number of carbonyl (C=O) groups is 1. The fourth-order valence-corrected chi connectivity index (χ4v) is 1.07. The van der Waals surface area contributed by atoms with Crippen LogP contribution in [0.4, 0.5) is 0 Å². The Morgan fingerprint density at radius 3 is 2.79 bits per heavy atom. The number of pyridine rings is 1. The number of ether oxygens (including phenoxy) is 1. The quantitative estimate of drug-likeness (QED) is 0.705. The summed E-state index contributed by atoms with van der Waals surface area (Å²) in [6.07, 6.45) is 1.69. The molecule has 5 heteroatoms. The molecule has 1 heterocycles. The van der Waals surface area contributed by atoms with Crippen molar-refractivity contribution in [2.45, 2.75) is 12.5 Å². The third-order valence-corrected chi connectivity index (χ3v) is 1.82. The van der Waals surface area contributed by atoms with Gasteiger partial charge in [-0.1, -0.05) is 6.07 Å². The molecule has 0 fully saturated rings. The molecule has 0 aliphatic carbocycles. The van der Waals surface area contributed by atoms with Crippen molar-refractivity contribution in [2.24, 2.45) is 11.5 Å². The summed E-state index contributed by atoms with van der Waals surface area (Å²) in [6.45, 7) is 0. The summed E-state index contributed by atoms with van der Waals surface area (Å²) in [7, 11) is 1.53. The van der Waals surface area contributed by atoms with Crippen LogP contribution >= 0.6 is 0 Å². The fraction of sp³-hybridized carbons (Fsp3) is 0.333. The summed E-state index contributed by atoms with van der Waals surface area (Å²) in [5.41, 5.74) is 11.5. The summed E-state index contributed by atoms with van der Waals surface area (Å²) in [6, 6.07) is 3.06. The number of carbonyl (C=O) groups excluding carboxylic acids is 1. The molecule has 1 aromatic rings. The average Bonchev–Trinajstić information content (AvgIpc) is 2.17. The van der Waals surface area contributed by atoms with Gasteiger partial charge in [0, 0.05) is 24.7 Å². The summed E-state index contributed by atoms with van der Waals surface area (Å²) in [5, 5.41) is 0. The number of aromatic nitrogens is 1. The van der Waals surface area contributed by atoms with Gasteiger partial charge in [-0.25, -0.2) is 4.98 Å². The molecule has 0 aliphatic rings. The lowest BCUT2D eigenvalue weighted by molar-refractivity contribution is -0.118. The molecule has 0 aromatic carbocycles. The van der Waals surface area contributed by atoms with Gasteiger partial charge in [0.1, 0.15) is 0 Å². The van der Waals surface area contributed by atoms with E-state index in [4.69, 9.17) is 16.2 Å². The van der Waals surface area contributed by atoms with Crippen molar-refractivity contribution in [1.29, 1.82) is 0 Å². The molecule has 0 saturated heterocycles. The van der Waals surface area contributed by atoms with Crippen molar-refractivity contribution in [2.75, 3.05) is 7.11 Å². The van der Waals surface area contributed by atoms with Crippen LogP contribution in [0.15, 0.2) is 18.3 Å². The van der Waals surface area contributed by atoms with Crippen molar-refractivity contribution in [1.82, 2.24) is 4.98 Å². The Kier molecular flexibility index (Phi) is 3.41. The maximum absolute atomic E-state index is 10.6. The molecule has 0 saturated carbocycles. The molecule has 76 valence electrons. The number of primary amides is 1. The van der Waals surface area contributed by atoms with E-state index in [0.717, 1.165) is 5.56 Å². The average molecular weight is 195 g/mol. The fourth-order valence-electron chi connectivity index (χ4n) is 1.07. The van der Waals surface area contributed by atoms with Gasteiger partial charge < -0.3 is 16.2 Å². The Bertz CT molecular complexity index is 310. The number of hydrogen-bond acceptors (Lipinski definition) is 4. The number of amides is 1. The first-order valence-corrected chi connectivity index (χ1v) is 4.17. The Labute approximate surface area is 82.1 Å². The van der Waals surface area contributed by atoms with Crippen LogP contribution in [0.1, 0.15) is 18.0 Å². The molecule has 1 rings (SSSR count). The standard InChI is InChI=1S/C9H13N3O2/c1-14-9-3-2-6(5-12-9)7(10)4-8(11)13/h2-3,5,7H,4,10H2,1H3,(H2,11,13)/t7-/m0/s1. The molecule has 1 amide bonds. The minimum absolute atomic E-state index is 0.119. The summed E-state index contributed by atoms with van der Waals surface area (Å²) >= 11 is 0. The van der Waals surface area contributed by atoms with E-state index in [9.17, 15) is 4.79 Å². The zero-order chi connectivity index (χ0) is 10.6. The molecular formula is C9H13N3O2. The van der Waals surface area contributed by atoms with Crippen molar-refractivity contribution in [3.63, 3.8) is 0 Å². The van der Waals surface area contributed by atoms with Gasteiger partial charge in [0.2, 0.25) is 11.8 Å². The molecule has 1 atom stereocenters. The zero-order valence-electron chi connectivity index (χ0n) is 7.93. The van der Waals surface area contributed by atoms with Gasteiger partial charge in [0.25, 0.3) is 0 Å². The Morgan fingerprint density at radius 2 is 2.36 bits per heavy atom. The third kappa shape index (κ3) is 2.70. The second-order valence-corrected chi connectivity index (χ2v) is 2.91. The van der Waals surface area contributed by atoms with Gasteiger partial charge in [0.15, 0.2) is 0 Å². The second kappa shape index (κ2) is 4.57. The number of rotatable bonds is 4. The van der Waals surface area contributed by atoms with Gasteiger partial charge in [-0.3, -0.25) is 4.79 Å². The van der Waals surface area contributed by atoms with Crippen LogP contribution in [-0.2, 0) is 4.79 Å². The van der Waals surface area contributed by atoms with Crippen LogP contribution in [0, 0.1) is 0 Å². The molecule has 0 radical (unpaired) electrons. The summed E-state index contributed by atoms with van der Waals surface area (Å²) in [5.74, 6) is 0.0911. The lowest BCUT2D eigenvalue weighted by Crippen LogP contribution is -2.20. The first kappa shape index (κ1) is 10.5. The smallest absolute Gasteiger partial charge is 0.219 e. The summed E-state index contributed by atoms with van der Waals surface area (Å²) in [4.78, 5) is 14.6. The molecule has 0 spiro atoms. The molecule has 1 aromatic heterocycles. The topological polar surface area (TPSA) is 91.2 Å². The highest BCUT2D eigenvalue weighted by molar-refractivity contribution is 5.74. The normalized spacial score (nSPS) is 12.1. The maximum Gasteiger partial charge on any atom is 0.219 e. The van der Waals surface area contributed by atoms with Crippen LogP contribution in [-0.4, -0.2) is 18.0 Å². The predicted molar refractivity (Wildman–Crippen MR) is 51.5 cm³/mol. The first-order chi connectivity index (χ1) is 6.63. The highest BCUT2D eigenvalue weighted by Crippen LogP contribution is 2.14. The Morgan fingerprint density at radius 1 is 1.64 bits per heavy atom. The van der Waals surface area contributed by atoms with Gasteiger partial charge in [-0.05, 0) is 5.56 Å². The minimum Gasteiger partial charge on any atom is -0.481 e. The maximum atomic E-state index is 10.6. The van der Waals surface area contributed by atoms with Crippen LogP contribution in [0.5, 0.6) is 5.88 Å². The van der Waals surface area contributed by atoms with E-state index in [1.165, 1.54) is 7.11 Å².